The number of nitrogens with one attached hydrogen (secondary N) is 1. The second kappa shape index (κ2) is 9.81. The standard InChI is InChI=1S/C27H23FN4O5/c28-22-8-2-1-7-21(22)26(34)29-23(13-17-5-3-6-20(12-17)32(36)37)27(35)30-14-18-11-19(16-30)24-9-4-10-25(33)31(24)15-18/h1-10,12-13,18-19H,11,14-16H2,(H,29,34)/b23-13-. The van der Waals surface area contributed by atoms with Gasteiger partial charge in [-0.25, -0.2) is 4.39 Å². The minimum absolute atomic E-state index is 0.0494. The van der Waals surface area contributed by atoms with E-state index in [-0.39, 0.29) is 34.3 Å². The first-order valence-electron chi connectivity index (χ1n) is 11.8. The fraction of sp³-hybridized carbons (Fsp3) is 0.222. The molecule has 3 heterocycles. The third-order valence-electron chi connectivity index (χ3n) is 6.76. The zero-order valence-electron chi connectivity index (χ0n) is 19.7. The van der Waals surface area contributed by atoms with E-state index >= 15 is 0 Å². The van der Waals surface area contributed by atoms with Crippen LogP contribution in [-0.2, 0) is 11.3 Å². The van der Waals surface area contributed by atoms with Gasteiger partial charge >= 0.3 is 0 Å². The number of carbonyl (C=O) groups is 2. The number of carbonyl (C=O) groups excluding carboxylic acids is 2. The maximum atomic E-state index is 14.3. The van der Waals surface area contributed by atoms with Crippen molar-refractivity contribution in [3.05, 3.63) is 116 Å². The van der Waals surface area contributed by atoms with Crippen LogP contribution >= 0.6 is 0 Å². The molecule has 37 heavy (non-hydrogen) atoms. The lowest BCUT2D eigenvalue weighted by atomic mass is 9.83. The second-order valence-corrected chi connectivity index (χ2v) is 9.25. The van der Waals surface area contributed by atoms with Crippen LogP contribution in [0.2, 0.25) is 0 Å². The van der Waals surface area contributed by atoms with Gasteiger partial charge in [0.2, 0.25) is 0 Å². The number of likely N-dealkylation sites (tertiary alicyclic amines) is 1. The van der Waals surface area contributed by atoms with Crippen LogP contribution < -0.4 is 10.9 Å². The van der Waals surface area contributed by atoms with Crippen molar-refractivity contribution >= 4 is 23.6 Å². The first-order chi connectivity index (χ1) is 17.8. The Bertz CT molecular complexity index is 1500. The van der Waals surface area contributed by atoms with Gasteiger partial charge in [-0.3, -0.25) is 24.5 Å². The highest BCUT2D eigenvalue weighted by Crippen LogP contribution is 2.35. The van der Waals surface area contributed by atoms with Crippen molar-refractivity contribution in [1.82, 2.24) is 14.8 Å². The van der Waals surface area contributed by atoms with E-state index in [0.29, 0.717) is 25.2 Å². The van der Waals surface area contributed by atoms with Crippen LogP contribution in [-0.4, -0.2) is 39.3 Å². The first-order valence-corrected chi connectivity index (χ1v) is 11.8. The lowest BCUT2D eigenvalue weighted by molar-refractivity contribution is -0.384. The molecule has 2 atom stereocenters. The van der Waals surface area contributed by atoms with E-state index in [9.17, 15) is 28.9 Å². The molecule has 1 N–H and O–H groups in total. The van der Waals surface area contributed by atoms with Gasteiger partial charge in [-0.15, -0.1) is 0 Å². The van der Waals surface area contributed by atoms with Gasteiger partial charge in [0, 0.05) is 49.4 Å². The number of fused-ring (bicyclic) bond motifs is 4. The summed E-state index contributed by atoms with van der Waals surface area (Å²) in [4.78, 5) is 51.3. The molecule has 188 valence electrons. The van der Waals surface area contributed by atoms with Crippen molar-refractivity contribution in [2.24, 2.45) is 5.92 Å². The number of nitrogens with zero attached hydrogens (tertiary/aromatic N) is 3. The monoisotopic (exact) mass is 502 g/mol. The minimum atomic E-state index is -0.808. The molecule has 1 fully saturated rings. The molecule has 2 bridgehead atoms. The molecule has 2 aliphatic heterocycles. The fourth-order valence-corrected chi connectivity index (χ4v) is 5.11. The van der Waals surface area contributed by atoms with Gasteiger partial charge < -0.3 is 14.8 Å². The normalized spacial score (nSPS) is 18.6. The Morgan fingerprint density at radius 3 is 2.59 bits per heavy atom. The molecule has 3 aromatic rings. The summed E-state index contributed by atoms with van der Waals surface area (Å²) >= 11 is 0. The number of non-ortho nitro benzene ring substituents is 1. The number of nitro groups is 1. The van der Waals surface area contributed by atoms with Crippen LogP contribution in [0.4, 0.5) is 10.1 Å². The van der Waals surface area contributed by atoms with Crippen LogP contribution in [0.25, 0.3) is 6.08 Å². The Morgan fingerprint density at radius 1 is 1.03 bits per heavy atom. The third-order valence-corrected chi connectivity index (χ3v) is 6.76. The SMILES string of the molecule is O=C(N/C(=C\c1cccc([N+](=O)[O-])c1)C(=O)N1CC2CC(C1)c1cccc(=O)n1C2)c1ccccc1F. The van der Waals surface area contributed by atoms with Gasteiger partial charge in [0.15, 0.2) is 0 Å². The molecule has 2 unspecified atom stereocenters. The van der Waals surface area contributed by atoms with E-state index in [4.69, 9.17) is 0 Å². The van der Waals surface area contributed by atoms with E-state index < -0.39 is 22.6 Å². The predicted molar refractivity (Wildman–Crippen MR) is 133 cm³/mol. The quantitative estimate of drug-likeness (QED) is 0.327. The van der Waals surface area contributed by atoms with E-state index in [0.717, 1.165) is 18.2 Å². The van der Waals surface area contributed by atoms with E-state index in [2.05, 4.69) is 5.32 Å². The van der Waals surface area contributed by atoms with Gasteiger partial charge in [0.1, 0.15) is 11.5 Å². The largest absolute Gasteiger partial charge is 0.336 e. The van der Waals surface area contributed by atoms with E-state index in [1.807, 2.05) is 6.07 Å². The summed E-state index contributed by atoms with van der Waals surface area (Å²) in [5, 5.41) is 13.8. The van der Waals surface area contributed by atoms with Crippen LogP contribution in [0.15, 0.2) is 77.2 Å². The Kier molecular flexibility index (Phi) is 6.39. The Labute approximate surface area is 211 Å². The average molecular weight is 503 g/mol. The molecule has 2 aliphatic rings. The summed E-state index contributed by atoms with van der Waals surface area (Å²) in [6.07, 6.45) is 2.19. The summed E-state index contributed by atoms with van der Waals surface area (Å²) in [5.74, 6) is -2.03. The Morgan fingerprint density at radius 2 is 1.81 bits per heavy atom. The molecule has 1 saturated heterocycles. The summed E-state index contributed by atoms with van der Waals surface area (Å²) in [5.41, 5.74) is 0.593. The predicted octanol–water partition coefficient (Wildman–Crippen LogP) is 3.31. The molecular formula is C27H23FN4O5. The fourth-order valence-electron chi connectivity index (χ4n) is 5.11. The molecule has 2 aromatic carbocycles. The van der Waals surface area contributed by atoms with E-state index in [1.165, 1.54) is 48.5 Å². The number of piperidine rings is 1. The van der Waals surface area contributed by atoms with Gasteiger partial charge in [0.25, 0.3) is 23.1 Å². The molecule has 0 saturated carbocycles. The van der Waals surface area contributed by atoms with Crippen molar-refractivity contribution < 1.29 is 18.9 Å². The number of hydrogen-bond acceptors (Lipinski definition) is 5. The number of halogens is 1. The highest BCUT2D eigenvalue weighted by molar-refractivity contribution is 6.05. The lowest BCUT2D eigenvalue weighted by Gasteiger charge is -2.43. The van der Waals surface area contributed by atoms with Gasteiger partial charge in [-0.1, -0.05) is 30.3 Å². The minimum Gasteiger partial charge on any atom is -0.336 e. The summed E-state index contributed by atoms with van der Waals surface area (Å²) < 4.78 is 16.0. The van der Waals surface area contributed by atoms with Crippen LogP contribution in [0.1, 0.15) is 34.0 Å². The highest BCUT2D eigenvalue weighted by Gasteiger charge is 2.37. The molecule has 1 aromatic heterocycles. The maximum absolute atomic E-state index is 14.3. The zero-order chi connectivity index (χ0) is 26.1. The Balaban J connectivity index is 1.48. The molecule has 2 amide bonds. The van der Waals surface area contributed by atoms with Crippen LogP contribution in [0.5, 0.6) is 0 Å². The second-order valence-electron chi connectivity index (χ2n) is 9.25. The van der Waals surface area contributed by atoms with Crippen LogP contribution in [0.3, 0.4) is 0 Å². The van der Waals surface area contributed by atoms with Crippen molar-refractivity contribution in [2.75, 3.05) is 13.1 Å². The topological polar surface area (TPSA) is 115 Å². The molecule has 9 nitrogen and oxygen atoms in total. The van der Waals surface area contributed by atoms with Crippen molar-refractivity contribution in [3.8, 4) is 0 Å². The van der Waals surface area contributed by atoms with Gasteiger partial charge in [-0.2, -0.15) is 0 Å². The van der Waals surface area contributed by atoms with Gasteiger partial charge in [0.05, 0.1) is 10.5 Å². The summed E-state index contributed by atoms with van der Waals surface area (Å²) in [6, 6.07) is 16.2. The molecule has 0 aliphatic carbocycles. The lowest BCUT2D eigenvalue weighted by Crippen LogP contribution is -2.50. The molecule has 0 spiro atoms. The molecule has 0 radical (unpaired) electrons. The maximum Gasteiger partial charge on any atom is 0.270 e. The number of aromatic nitrogens is 1. The van der Waals surface area contributed by atoms with Crippen molar-refractivity contribution in [1.29, 1.82) is 0 Å². The number of rotatable bonds is 5. The molecular weight excluding hydrogens is 479 g/mol. The highest BCUT2D eigenvalue weighted by atomic mass is 19.1. The summed E-state index contributed by atoms with van der Waals surface area (Å²) in [6.45, 7) is 1.19. The number of amides is 2. The zero-order valence-corrected chi connectivity index (χ0v) is 19.7. The number of benzene rings is 2. The Hall–Kier alpha value is -4.60. The average Bonchev–Trinajstić information content (AvgIpc) is 2.89. The number of hydrogen-bond donors (Lipinski definition) is 1. The van der Waals surface area contributed by atoms with Gasteiger partial charge in [-0.05, 0) is 42.2 Å². The van der Waals surface area contributed by atoms with E-state index in [1.54, 1.807) is 21.6 Å². The third kappa shape index (κ3) is 4.90. The smallest absolute Gasteiger partial charge is 0.270 e. The number of nitro benzene ring substituents is 1. The molecule has 10 heteroatoms. The summed E-state index contributed by atoms with van der Waals surface area (Å²) in [7, 11) is 0. The van der Waals surface area contributed by atoms with Crippen molar-refractivity contribution in [3.63, 3.8) is 0 Å². The number of pyridine rings is 1. The molecule has 5 rings (SSSR count). The van der Waals surface area contributed by atoms with Crippen molar-refractivity contribution in [2.45, 2.75) is 18.9 Å². The first kappa shape index (κ1) is 24.1. The van der Waals surface area contributed by atoms with Crippen LogP contribution in [0, 0.1) is 21.8 Å².